The third kappa shape index (κ3) is 6.66. The Kier molecular flexibility index (Phi) is 7.60. The summed E-state index contributed by atoms with van der Waals surface area (Å²) in [5.74, 6) is -0.821. The monoisotopic (exact) mass is 360 g/mol. The van der Waals surface area contributed by atoms with Crippen molar-refractivity contribution < 1.29 is 14.3 Å². The SMILES string of the molecule is CCCCC[C@H](C)NC(=O)COC(=O)/C=C/c1nc2ccccc2s1. The number of para-hydroxylation sites is 1. The quantitative estimate of drug-likeness (QED) is 0.418. The van der Waals surface area contributed by atoms with Crippen molar-refractivity contribution in [2.45, 2.75) is 45.6 Å². The van der Waals surface area contributed by atoms with Crippen LogP contribution in [0, 0.1) is 0 Å². The summed E-state index contributed by atoms with van der Waals surface area (Å²) < 4.78 is 6.03. The number of amides is 1. The Hall–Kier alpha value is -2.21. The number of thiazole rings is 1. The third-order valence-corrected chi connectivity index (χ3v) is 4.67. The summed E-state index contributed by atoms with van der Waals surface area (Å²) in [5, 5.41) is 3.56. The number of benzene rings is 1. The number of rotatable bonds is 9. The van der Waals surface area contributed by atoms with Gasteiger partial charge in [-0.3, -0.25) is 4.79 Å². The standard InChI is InChI=1S/C19H24N2O3S/c1-3-4-5-8-14(2)20-17(22)13-24-19(23)12-11-18-21-15-9-6-7-10-16(15)25-18/h6-7,9-12,14H,3-5,8,13H2,1-2H3,(H,20,22)/b12-11+/t14-/m0/s1. The van der Waals surface area contributed by atoms with Gasteiger partial charge in [-0.25, -0.2) is 9.78 Å². The zero-order chi connectivity index (χ0) is 18.1. The van der Waals surface area contributed by atoms with E-state index >= 15 is 0 Å². The highest BCUT2D eigenvalue weighted by atomic mass is 32.1. The molecule has 1 aromatic heterocycles. The number of hydrogen-bond donors (Lipinski definition) is 1. The molecule has 0 radical (unpaired) electrons. The van der Waals surface area contributed by atoms with Crippen molar-refractivity contribution in [2.24, 2.45) is 0 Å². The van der Waals surface area contributed by atoms with Crippen LogP contribution in [0.1, 0.15) is 44.5 Å². The molecule has 0 saturated heterocycles. The molecule has 1 aromatic carbocycles. The van der Waals surface area contributed by atoms with E-state index in [1.807, 2.05) is 31.2 Å². The molecule has 0 aliphatic carbocycles. The van der Waals surface area contributed by atoms with Crippen LogP contribution in [-0.2, 0) is 14.3 Å². The van der Waals surface area contributed by atoms with Crippen molar-refractivity contribution >= 4 is 39.5 Å². The van der Waals surface area contributed by atoms with Gasteiger partial charge in [0.05, 0.1) is 10.2 Å². The number of carbonyl (C=O) groups excluding carboxylic acids is 2. The Morgan fingerprint density at radius 2 is 2.12 bits per heavy atom. The summed E-state index contributed by atoms with van der Waals surface area (Å²) in [6, 6.07) is 7.87. The molecule has 0 bridgehead atoms. The summed E-state index contributed by atoms with van der Waals surface area (Å²) >= 11 is 1.50. The maximum atomic E-state index is 11.8. The highest BCUT2D eigenvalue weighted by Gasteiger charge is 2.09. The first-order valence-electron chi connectivity index (χ1n) is 8.58. The Balaban J connectivity index is 1.73. The molecule has 1 heterocycles. The molecule has 2 aromatic rings. The van der Waals surface area contributed by atoms with Crippen LogP contribution in [0.4, 0.5) is 0 Å². The second kappa shape index (κ2) is 9.93. The Morgan fingerprint density at radius 1 is 1.32 bits per heavy atom. The molecular formula is C19H24N2O3S. The summed E-state index contributed by atoms with van der Waals surface area (Å²) in [5.41, 5.74) is 0.900. The Morgan fingerprint density at radius 3 is 2.88 bits per heavy atom. The number of esters is 1. The lowest BCUT2D eigenvalue weighted by molar-refractivity contribution is -0.144. The Bertz CT molecular complexity index is 706. The van der Waals surface area contributed by atoms with Crippen LogP contribution < -0.4 is 5.32 Å². The minimum atomic E-state index is -0.548. The fraction of sp³-hybridized carbons (Fsp3) is 0.421. The fourth-order valence-electron chi connectivity index (χ4n) is 2.37. The zero-order valence-corrected chi connectivity index (χ0v) is 15.5. The molecule has 1 atom stereocenters. The zero-order valence-electron chi connectivity index (χ0n) is 14.7. The van der Waals surface area contributed by atoms with Gasteiger partial charge in [-0.05, 0) is 31.6 Å². The lowest BCUT2D eigenvalue weighted by atomic mass is 10.1. The third-order valence-electron chi connectivity index (χ3n) is 3.67. The Labute approximate surface area is 152 Å². The van der Waals surface area contributed by atoms with E-state index in [2.05, 4.69) is 17.2 Å². The average Bonchev–Trinajstić information content (AvgIpc) is 3.01. The van der Waals surface area contributed by atoms with Crippen LogP contribution in [-0.4, -0.2) is 29.5 Å². The summed E-state index contributed by atoms with van der Waals surface area (Å²) in [7, 11) is 0. The molecule has 1 N–H and O–H groups in total. The van der Waals surface area contributed by atoms with Gasteiger partial charge in [0.15, 0.2) is 6.61 Å². The minimum Gasteiger partial charge on any atom is -0.452 e. The van der Waals surface area contributed by atoms with Crippen molar-refractivity contribution in [1.29, 1.82) is 0 Å². The lowest BCUT2D eigenvalue weighted by Gasteiger charge is -2.13. The fourth-order valence-corrected chi connectivity index (χ4v) is 3.24. The normalized spacial score (nSPS) is 12.4. The van der Waals surface area contributed by atoms with Crippen LogP contribution in [0.3, 0.4) is 0 Å². The van der Waals surface area contributed by atoms with Gasteiger partial charge >= 0.3 is 5.97 Å². The van der Waals surface area contributed by atoms with Crippen LogP contribution in [0.2, 0.25) is 0 Å². The number of ether oxygens (including phenoxy) is 1. The molecule has 0 fully saturated rings. The van der Waals surface area contributed by atoms with Gasteiger partial charge in [-0.2, -0.15) is 0 Å². The summed E-state index contributed by atoms with van der Waals surface area (Å²) in [4.78, 5) is 27.9. The number of hydrogen-bond acceptors (Lipinski definition) is 5. The van der Waals surface area contributed by atoms with Crippen LogP contribution in [0.5, 0.6) is 0 Å². The topological polar surface area (TPSA) is 68.3 Å². The number of aromatic nitrogens is 1. The van der Waals surface area contributed by atoms with Gasteiger partial charge in [0.2, 0.25) is 0 Å². The number of nitrogens with one attached hydrogen (secondary N) is 1. The molecule has 25 heavy (non-hydrogen) atoms. The maximum Gasteiger partial charge on any atom is 0.331 e. The highest BCUT2D eigenvalue weighted by Crippen LogP contribution is 2.22. The summed E-state index contributed by atoms with van der Waals surface area (Å²) in [6.07, 6.45) is 7.24. The molecule has 1 amide bonds. The van der Waals surface area contributed by atoms with Gasteiger partial charge in [-0.1, -0.05) is 38.3 Å². The lowest BCUT2D eigenvalue weighted by Crippen LogP contribution is -2.35. The number of nitrogens with zero attached hydrogens (tertiary/aromatic N) is 1. The number of carbonyl (C=O) groups is 2. The molecule has 0 aliphatic heterocycles. The van der Waals surface area contributed by atoms with E-state index in [0.29, 0.717) is 0 Å². The van der Waals surface area contributed by atoms with E-state index < -0.39 is 5.97 Å². The van der Waals surface area contributed by atoms with E-state index in [9.17, 15) is 9.59 Å². The van der Waals surface area contributed by atoms with Gasteiger partial charge in [0.1, 0.15) is 5.01 Å². The van der Waals surface area contributed by atoms with Crippen LogP contribution in [0.25, 0.3) is 16.3 Å². The molecule has 0 spiro atoms. The molecule has 0 aliphatic rings. The summed E-state index contributed by atoms with van der Waals surface area (Å²) in [6.45, 7) is 3.84. The first-order chi connectivity index (χ1) is 12.1. The second-order valence-electron chi connectivity index (χ2n) is 5.93. The van der Waals surface area contributed by atoms with Crippen LogP contribution in [0.15, 0.2) is 30.3 Å². The molecular weight excluding hydrogens is 336 g/mol. The predicted octanol–water partition coefficient (Wildman–Crippen LogP) is 3.94. The molecule has 2 rings (SSSR count). The maximum absolute atomic E-state index is 11.8. The molecule has 6 heteroatoms. The van der Waals surface area contributed by atoms with Gasteiger partial charge < -0.3 is 10.1 Å². The molecule has 0 unspecified atom stereocenters. The number of unbranched alkanes of at least 4 members (excludes halogenated alkanes) is 2. The largest absolute Gasteiger partial charge is 0.452 e. The average molecular weight is 360 g/mol. The van der Waals surface area contributed by atoms with Crippen molar-refractivity contribution in [3.05, 3.63) is 35.3 Å². The van der Waals surface area contributed by atoms with E-state index in [4.69, 9.17) is 4.74 Å². The van der Waals surface area contributed by atoms with Crippen molar-refractivity contribution in [1.82, 2.24) is 10.3 Å². The molecule has 5 nitrogen and oxygen atoms in total. The smallest absolute Gasteiger partial charge is 0.331 e. The minimum absolute atomic E-state index is 0.0936. The van der Waals surface area contributed by atoms with E-state index in [1.54, 1.807) is 6.08 Å². The van der Waals surface area contributed by atoms with Gasteiger partial charge in [0.25, 0.3) is 5.91 Å². The second-order valence-corrected chi connectivity index (χ2v) is 6.99. The van der Waals surface area contributed by atoms with E-state index in [-0.39, 0.29) is 18.6 Å². The van der Waals surface area contributed by atoms with E-state index in [1.165, 1.54) is 17.4 Å². The number of fused-ring (bicyclic) bond motifs is 1. The van der Waals surface area contributed by atoms with Gasteiger partial charge in [-0.15, -0.1) is 11.3 Å². The first kappa shape index (κ1) is 19.1. The van der Waals surface area contributed by atoms with Gasteiger partial charge in [0, 0.05) is 12.1 Å². The van der Waals surface area contributed by atoms with Crippen molar-refractivity contribution in [3.8, 4) is 0 Å². The highest BCUT2D eigenvalue weighted by molar-refractivity contribution is 7.19. The van der Waals surface area contributed by atoms with E-state index in [0.717, 1.165) is 40.9 Å². The first-order valence-corrected chi connectivity index (χ1v) is 9.40. The van der Waals surface area contributed by atoms with Crippen LogP contribution >= 0.6 is 11.3 Å². The van der Waals surface area contributed by atoms with Crippen molar-refractivity contribution in [2.75, 3.05) is 6.61 Å². The molecule has 134 valence electrons. The predicted molar refractivity (Wildman–Crippen MR) is 101 cm³/mol. The van der Waals surface area contributed by atoms with Crippen molar-refractivity contribution in [3.63, 3.8) is 0 Å². The molecule has 0 saturated carbocycles.